The minimum absolute atomic E-state index is 0.0516. The van der Waals surface area contributed by atoms with Crippen LogP contribution >= 0.6 is 0 Å². The monoisotopic (exact) mass is 296 g/mol. The molecule has 0 aliphatic heterocycles. The normalized spacial score (nSPS) is 10.3. The van der Waals surface area contributed by atoms with Gasteiger partial charge in [-0.1, -0.05) is 0 Å². The van der Waals surface area contributed by atoms with Gasteiger partial charge in [-0.25, -0.2) is 0 Å². The van der Waals surface area contributed by atoms with Crippen LogP contribution in [0.1, 0.15) is 24.2 Å². The number of esters is 1. The van der Waals surface area contributed by atoms with E-state index in [1.807, 2.05) is 0 Å². The third kappa shape index (κ3) is 3.91. The van der Waals surface area contributed by atoms with Crippen molar-refractivity contribution in [1.29, 1.82) is 0 Å². The molecule has 1 aromatic rings. The van der Waals surface area contributed by atoms with Crippen molar-refractivity contribution < 1.29 is 24.4 Å². The number of carbonyl (C=O) groups excluding carboxylic acids is 2. The zero-order chi connectivity index (χ0) is 16.2. The molecule has 8 heteroatoms. The molecule has 0 unspecified atom stereocenters. The Morgan fingerprint density at radius 3 is 2.48 bits per heavy atom. The van der Waals surface area contributed by atoms with E-state index < -0.39 is 28.2 Å². The summed E-state index contributed by atoms with van der Waals surface area (Å²) in [7, 11) is 1.21. The fraction of sp³-hybridized carbons (Fsp3) is 0.385. The van der Waals surface area contributed by atoms with Crippen LogP contribution < -0.4 is 0 Å². The molecule has 1 N–H and O–H groups in total. The number of aromatic hydroxyl groups is 1. The van der Waals surface area contributed by atoms with E-state index in [0.29, 0.717) is 0 Å². The van der Waals surface area contributed by atoms with Gasteiger partial charge in [0.05, 0.1) is 12.0 Å². The SMILES string of the molecule is COC(=O)CN(C(=O)c1ccc([N+](=O)[O-])c(O)c1)C(C)C. The van der Waals surface area contributed by atoms with Crippen LogP contribution in [0.25, 0.3) is 0 Å². The molecule has 0 saturated heterocycles. The molecular formula is C13H16N2O6. The van der Waals surface area contributed by atoms with E-state index in [2.05, 4.69) is 4.74 Å². The molecule has 0 atom stereocenters. The number of amides is 1. The number of benzene rings is 1. The second-order valence-electron chi connectivity index (χ2n) is 4.56. The Hall–Kier alpha value is -2.64. The van der Waals surface area contributed by atoms with Gasteiger partial charge in [0.15, 0.2) is 5.75 Å². The number of hydrogen-bond acceptors (Lipinski definition) is 6. The van der Waals surface area contributed by atoms with E-state index in [9.17, 15) is 24.8 Å². The highest BCUT2D eigenvalue weighted by Crippen LogP contribution is 2.27. The zero-order valence-corrected chi connectivity index (χ0v) is 11.9. The number of nitro benzene ring substituents is 1. The van der Waals surface area contributed by atoms with Crippen LogP contribution in [0, 0.1) is 10.1 Å². The van der Waals surface area contributed by atoms with Gasteiger partial charge in [-0.2, -0.15) is 0 Å². The van der Waals surface area contributed by atoms with Crippen LogP contribution in [0.2, 0.25) is 0 Å². The van der Waals surface area contributed by atoms with Crippen molar-refractivity contribution in [2.24, 2.45) is 0 Å². The van der Waals surface area contributed by atoms with Crippen molar-refractivity contribution in [3.63, 3.8) is 0 Å². The number of phenolic OH excluding ortho intramolecular Hbond substituents is 1. The maximum absolute atomic E-state index is 12.3. The van der Waals surface area contributed by atoms with Crippen molar-refractivity contribution in [2.75, 3.05) is 13.7 Å². The summed E-state index contributed by atoms with van der Waals surface area (Å²) in [5.74, 6) is -1.71. The first kappa shape index (κ1) is 16.4. The lowest BCUT2D eigenvalue weighted by Crippen LogP contribution is -2.41. The van der Waals surface area contributed by atoms with Gasteiger partial charge in [-0.15, -0.1) is 0 Å². The highest BCUT2D eigenvalue weighted by Gasteiger charge is 2.24. The largest absolute Gasteiger partial charge is 0.502 e. The molecule has 21 heavy (non-hydrogen) atoms. The van der Waals surface area contributed by atoms with Gasteiger partial charge >= 0.3 is 11.7 Å². The lowest BCUT2D eigenvalue weighted by Gasteiger charge is -2.25. The Morgan fingerprint density at radius 1 is 1.43 bits per heavy atom. The minimum atomic E-state index is -0.752. The standard InChI is InChI=1S/C13H16N2O6/c1-8(2)14(7-12(17)21-3)13(18)9-4-5-10(15(19)20)11(16)6-9/h4-6,8,16H,7H2,1-3H3. The molecule has 0 heterocycles. The molecule has 8 nitrogen and oxygen atoms in total. The van der Waals surface area contributed by atoms with Crippen LogP contribution in [0.15, 0.2) is 18.2 Å². The van der Waals surface area contributed by atoms with Crippen LogP contribution in [-0.2, 0) is 9.53 Å². The van der Waals surface area contributed by atoms with Crippen LogP contribution in [0.5, 0.6) is 5.75 Å². The van der Waals surface area contributed by atoms with Gasteiger partial charge in [-0.3, -0.25) is 19.7 Å². The zero-order valence-electron chi connectivity index (χ0n) is 11.9. The number of phenols is 1. The van der Waals surface area contributed by atoms with E-state index in [1.54, 1.807) is 13.8 Å². The number of methoxy groups -OCH3 is 1. The number of carbonyl (C=O) groups is 2. The smallest absolute Gasteiger partial charge is 0.325 e. The molecule has 1 amide bonds. The fourth-order valence-corrected chi connectivity index (χ4v) is 1.67. The maximum Gasteiger partial charge on any atom is 0.325 e. The average molecular weight is 296 g/mol. The van der Waals surface area contributed by atoms with E-state index in [4.69, 9.17) is 0 Å². The Kier molecular flexibility index (Phi) is 5.23. The maximum atomic E-state index is 12.3. The molecule has 0 fully saturated rings. The number of rotatable bonds is 5. The molecule has 0 aromatic heterocycles. The third-order valence-electron chi connectivity index (χ3n) is 2.83. The van der Waals surface area contributed by atoms with Crippen molar-refractivity contribution >= 4 is 17.6 Å². The summed E-state index contributed by atoms with van der Waals surface area (Å²) in [4.78, 5) is 34.7. The Morgan fingerprint density at radius 2 is 2.05 bits per heavy atom. The average Bonchev–Trinajstić information content (AvgIpc) is 2.42. The molecule has 1 rings (SSSR count). The van der Waals surface area contributed by atoms with Gasteiger partial charge in [0.1, 0.15) is 6.54 Å². The van der Waals surface area contributed by atoms with Gasteiger partial charge in [-0.05, 0) is 26.0 Å². The highest BCUT2D eigenvalue weighted by atomic mass is 16.6. The fourth-order valence-electron chi connectivity index (χ4n) is 1.67. The van der Waals surface area contributed by atoms with Crippen molar-refractivity contribution in [3.8, 4) is 5.75 Å². The highest BCUT2D eigenvalue weighted by molar-refractivity contribution is 5.96. The van der Waals surface area contributed by atoms with Crippen LogP contribution in [-0.4, -0.2) is 46.5 Å². The summed E-state index contributed by atoms with van der Waals surface area (Å²) in [5, 5.41) is 20.2. The van der Waals surface area contributed by atoms with Crippen LogP contribution in [0.4, 0.5) is 5.69 Å². The number of nitro groups is 1. The number of nitrogens with zero attached hydrogens (tertiary/aromatic N) is 2. The Balaban J connectivity index is 3.07. The first-order valence-corrected chi connectivity index (χ1v) is 6.13. The van der Waals surface area contributed by atoms with Gasteiger partial charge in [0.2, 0.25) is 0 Å². The Labute approximate surface area is 121 Å². The predicted molar refractivity (Wildman–Crippen MR) is 72.9 cm³/mol. The van der Waals surface area contributed by atoms with E-state index >= 15 is 0 Å². The first-order chi connectivity index (χ1) is 9.77. The summed E-state index contributed by atoms with van der Waals surface area (Å²) in [6, 6.07) is 2.99. The second-order valence-corrected chi connectivity index (χ2v) is 4.56. The lowest BCUT2D eigenvalue weighted by atomic mass is 10.1. The number of hydrogen-bond donors (Lipinski definition) is 1. The molecule has 0 spiro atoms. The third-order valence-corrected chi connectivity index (χ3v) is 2.83. The summed E-state index contributed by atoms with van der Waals surface area (Å²) in [5.41, 5.74) is -0.439. The lowest BCUT2D eigenvalue weighted by molar-refractivity contribution is -0.385. The van der Waals surface area contributed by atoms with Gasteiger partial charge in [0.25, 0.3) is 5.91 Å². The predicted octanol–water partition coefficient (Wildman–Crippen LogP) is 1.32. The van der Waals surface area contributed by atoms with Crippen molar-refractivity contribution in [3.05, 3.63) is 33.9 Å². The molecule has 1 aromatic carbocycles. The molecule has 0 bridgehead atoms. The minimum Gasteiger partial charge on any atom is -0.502 e. The molecule has 0 radical (unpaired) electrons. The van der Waals surface area contributed by atoms with Gasteiger partial charge < -0.3 is 14.7 Å². The summed E-state index contributed by atoms with van der Waals surface area (Å²) in [6.07, 6.45) is 0. The van der Waals surface area contributed by atoms with Crippen molar-refractivity contribution in [2.45, 2.75) is 19.9 Å². The summed E-state index contributed by atoms with van der Waals surface area (Å²) < 4.78 is 4.52. The van der Waals surface area contributed by atoms with Crippen LogP contribution in [0.3, 0.4) is 0 Å². The molecule has 0 saturated carbocycles. The van der Waals surface area contributed by atoms with E-state index in [-0.39, 0.29) is 18.2 Å². The Bertz CT molecular complexity index is 570. The summed E-state index contributed by atoms with van der Waals surface area (Å²) >= 11 is 0. The quantitative estimate of drug-likeness (QED) is 0.498. The van der Waals surface area contributed by atoms with Gasteiger partial charge in [0, 0.05) is 17.7 Å². The summed E-state index contributed by atoms with van der Waals surface area (Å²) in [6.45, 7) is 3.18. The molecular weight excluding hydrogens is 280 g/mol. The molecule has 0 aliphatic rings. The van der Waals surface area contributed by atoms with E-state index in [0.717, 1.165) is 12.1 Å². The van der Waals surface area contributed by atoms with Crippen molar-refractivity contribution in [1.82, 2.24) is 4.90 Å². The molecule has 114 valence electrons. The first-order valence-electron chi connectivity index (χ1n) is 6.13. The molecule has 0 aliphatic carbocycles. The number of ether oxygens (including phenoxy) is 1. The topological polar surface area (TPSA) is 110 Å². The second kappa shape index (κ2) is 6.69. The van der Waals surface area contributed by atoms with E-state index in [1.165, 1.54) is 18.1 Å².